The predicted octanol–water partition coefficient (Wildman–Crippen LogP) is 3.42. The van der Waals surface area contributed by atoms with Crippen molar-refractivity contribution in [3.8, 4) is 0 Å². The van der Waals surface area contributed by atoms with Gasteiger partial charge in [0.25, 0.3) is 5.91 Å². The van der Waals surface area contributed by atoms with Crippen LogP contribution in [0.1, 0.15) is 28.2 Å². The number of hydrogen-bond acceptors (Lipinski definition) is 5. The van der Waals surface area contributed by atoms with Gasteiger partial charge in [0.2, 0.25) is 5.95 Å². The number of nitrogens with zero attached hydrogens (tertiary/aromatic N) is 3. The second kappa shape index (κ2) is 8.81. The lowest BCUT2D eigenvalue weighted by atomic mass is 10.1. The number of para-hydroxylation sites is 1. The normalized spacial score (nSPS) is 11.5. The first-order valence-electron chi connectivity index (χ1n) is 8.38. The van der Waals surface area contributed by atoms with Crippen LogP contribution in [0.15, 0.2) is 30.3 Å². The maximum Gasteiger partial charge on any atom is 0.418 e. The smallest absolute Gasteiger partial charge is 0.354 e. The molecule has 27 heavy (non-hydrogen) atoms. The number of nitrogens with one attached hydrogen (secondary N) is 2. The molecule has 6 nitrogen and oxygen atoms in total. The monoisotopic (exact) mass is 381 g/mol. The van der Waals surface area contributed by atoms with Crippen LogP contribution in [-0.2, 0) is 6.18 Å². The van der Waals surface area contributed by atoms with E-state index in [2.05, 4.69) is 20.6 Å². The fourth-order valence-electron chi connectivity index (χ4n) is 2.39. The molecule has 2 rings (SSSR count). The fourth-order valence-corrected chi connectivity index (χ4v) is 2.39. The molecule has 1 heterocycles. The third kappa shape index (κ3) is 6.21. The molecule has 1 amide bonds. The highest BCUT2D eigenvalue weighted by molar-refractivity contribution is 6.03. The zero-order valence-electron chi connectivity index (χ0n) is 15.4. The van der Waals surface area contributed by atoms with Crippen LogP contribution in [0.2, 0.25) is 0 Å². The number of carbonyl (C=O) groups excluding carboxylic acids is 1. The van der Waals surface area contributed by atoms with E-state index in [-0.39, 0.29) is 17.3 Å². The molecule has 1 aromatic heterocycles. The number of anilines is 2. The highest BCUT2D eigenvalue weighted by Crippen LogP contribution is 2.34. The van der Waals surface area contributed by atoms with E-state index in [1.165, 1.54) is 24.3 Å². The maximum atomic E-state index is 13.1. The molecule has 146 valence electrons. The summed E-state index contributed by atoms with van der Waals surface area (Å²) in [5.41, 5.74) is -0.693. The molecule has 0 bridgehead atoms. The van der Waals surface area contributed by atoms with Crippen molar-refractivity contribution >= 4 is 17.5 Å². The van der Waals surface area contributed by atoms with Crippen LogP contribution in [0.4, 0.5) is 24.8 Å². The van der Waals surface area contributed by atoms with Gasteiger partial charge in [-0.1, -0.05) is 12.1 Å². The molecule has 0 fully saturated rings. The Bertz CT molecular complexity index is 793. The SMILES string of the molecule is Cc1cc(C(=O)Nc2ccccc2C(F)(F)F)nc(NCCCN(C)C)n1. The number of benzene rings is 1. The fraction of sp³-hybridized carbons (Fsp3) is 0.389. The van der Waals surface area contributed by atoms with E-state index in [0.29, 0.717) is 12.2 Å². The van der Waals surface area contributed by atoms with E-state index in [1.54, 1.807) is 6.92 Å². The van der Waals surface area contributed by atoms with E-state index in [4.69, 9.17) is 0 Å². The van der Waals surface area contributed by atoms with Crippen molar-refractivity contribution in [3.05, 3.63) is 47.3 Å². The van der Waals surface area contributed by atoms with E-state index < -0.39 is 17.6 Å². The summed E-state index contributed by atoms with van der Waals surface area (Å²) in [6.07, 6.45) is -3.71. The molecule has 0 spiro atoms. The summed E-state index contributed by atoms with van der Waals surface area (Å²) in [5.74, 6) is -0.462. The Hall–Kier alpha value is -2.68. The van der Waals surface area contributed by atoms with Gasteiger partial charge in [0.05, 0.1) is 11.3 Å². The first-order valence-corrected chi connectivity index (χ1v) is 8.38. The van der Waals surface area contributed by atoms with Gasteiger partial charge in [0.1, 0.15) is 5.69 Å². The van der Waals surface area contributed by atoms with Gasteiger partial charge in [-0.15, -0.1) is 0 Å². The highest BCUT2D eigenvalue weighted by Gasteiger charge is 2.33. The van der Waals surface area contributed by atoms with E-state index >= 15 is 0 Å². The molecule has 2 N–H and O–H groups in total. The van der Waals surface area contributed by atoms with Crippen molar-refractivity contribution in [1.82, 2.24) is 14.9 Å². The second-order valence-corrected chi connectivity index (χ2v) is 6.30. The van der Waals surface area contributed by atoms with Crippen LogP contribution in [-0.4, -0.2) is 48.0 Å². The Labute approximate surface area is 155 Å². The quantitative estimate of drug-likeness (QED) is 0.720. The zero-order valence-corrected chi connectivity index (χ0v) is 15.4. The lowest BCUT2D eigenvalue weighted by Gasteiger charge is -2.14. The molecular formula is C18H22F3N5O. The summed E-state index contributed by atoms with van der Waals surface area (Å²) in [7, 11) is 3.93. The molecule has 0 atom stereocenters. The third-order valence-corrected chi connectivity index (χ3v) is 3.63. The molecule has 9 heteroatoms. The lowest BCUT2D eigenvalue weighted by molar-refractivity contribution is -0.136. The Kier molecular flexibility index (Phi) is 6.73. The van der Waals surface area contributed by atoms with Crippen LogP contribution in [0, 0.1) is 6.92 Å². The Morgan fingerprint density at radius 1 is 1.19 bits per heavy atom. The van der Waals surface area contributed by atoms with Crippen molar-refractivity contribution in [2.75, 3.05) is 37.8 Å². The van der Waals surface area contributed by atoms with Crippen molar-refractivity contribution in [3.63, 3.8) is 0 Å². The number of rotatable bonds is 7. The molecule has 0 aliphatic heterocycles. The topological polar surface area (TPSA) is 70.2 Å². The standard InChI is InChI=1S/C18H22F3N5O/c1-12-11-15(25-17(23-12)22-9-6-10-26(2)3)16(27)24-14-8-5-4-7-13(14)18(19,20)21/h4-5,7-8,11H,6,9-10H2,1-3H3,(H,24,27)(H,22,23,25). The van der Waals surface area contributed by atoms with Crippen molar-refractivity contribution in [1.29, 1.82) is 0 Å². The number of halogens is 3. The summed E-state index contributed by atoms with van der Waals surface area (Å²) in [5, 5.41) is 5.31. The number of aryl methyl sites for hydroxylation is 1. The minimum absolute atomic E-state index is 0.00501. The third-order valence-electron chi connectivity index (χ3n) is 3.63. The van der Waals surface area contributed by atoms with Crippen LogP contribution in [0.5, 0.6) is 0 Å². The molecular weight excluding hydrogens is 359 g/mol. The minimum atomic E-state index is -4.56. The van der Waals surface area contributed by atoms with E-state index in [0.717, 1.165) is 19.0 Å². The highest BCUT2D eigenvalue weighted by atomic mass is 19.4. The second-order valence-electron chi connectivity index (χ2n) is 6.30. The van der Waals surface area contributed by atoms with Crippen LogP contribution < -0.4 is 10.6 Å². The number of hydrogen-bond donors (Lipinski definition) is 2. The maximum absolute atomic E-state index is 13.1. The summed E-state index contributed by atoms with van der Waals surface area (Å²) in [4.78, 5) is 22.8. The Balaban J connectivity index is 2.13. The molecule has 1 aromatic carbocycles. The molecule has 0 saturated carbocycles. The van der Waals surface area contributed by atoms with Crippen LogP contribution in [0.25, 0.3) is 0 Å². The van der Waals surface area contributed by atoms with Gasteiger partial charge >= 0.3 is 6.18 Å². The molecule has 2 aromatic rings. The van der Waals surface area contributed by atoms with Crippen molar-refractivity contribution < 1.29 is 18.0 Å². The zero-order chi connectivity index (χ0) is 20.0. The average Bonchev–Trinajstić information content (AvgIpc) is 2.57. The summed E-state index contributed by atoms with van der Waals surface area (Å²) >= 11 is 0. The molecule has 0 radical (unpaired) electrons. The van der Waals surface area contributed by atoms with Gasteiger partial charge in [-0.2, -0.15) is 13.2 Å². The van der Waals surface area contributed by atoms with Crippen molar-refractivity contribution in [2.24, 2.45) is 0 Å². The van der Waals surface area contributed by atoms with Crippen molar-refractivity contribution in [2.45, 2.75) is 19.5 Å². The summed E-state index contributed by atoms with van der Waals surface area (Å²) in [6, 6.07) is 6.24. The molecule has 0 aliphatic rings. The predicted molar refractivity (Wildman–Crippen MR) is 97.8 cm³/mol. The van der Waals surface area contributed by atoms with Crippen LogP contribution >= 0.6 is 0 Å². The first kappa shape index (κ1) is 20.6. The largest absolute Gasteiger partial charge is 0.418 e. The Morgan fingerprint density at radius 2 is 1.89 bits per heavy atom. The molecule has 0 unspecified atom stereocenters. The van der Waals surface area contributed by atoms with Gasteiger partial charge in [-0.05, 0) is 52.2 Å². The number of amides is 1. The average molecular weight is 381 g/mol. The summed E-state index contributed by atoms with van der Waals surface area (Å²) < 4.78 is 39.2. The number of carbonyl (C=O) groups is 1. The number of aromatic nitrogens is 2. The van der Waals surface area contributed by atoms with Gasteiger partial charge in [0, 0.05) is 12.2 Å². The minimum Gasteiger partial charge on any atom is -0.354 e. The van der Waals surface area contributed by atoms with Gasteiger partial charge in [0.15, 0.2) is 0 Å². The lowest BCUT2D eigenvalue weighted by Crippen LogP contribution is -2.20. The Morgan fingerprint density at radius 3 is 2.56 bits per heavy atom. The number of alkyl halides is 3. The molecule has 0 saturated heterocycles. The van der Waals surface area contributed by atoms with Gasteiger partial charge in [-0.3, -0.25) is 4.79 Å². The summed E-state index contributed by atoms with van der Waals surface area (Å²) in [6.45, 7) is 3.17. The van der Waals surface area contributed by atoms with Gasteiger partial charge in [-0.25, -0.2) is 9.97 Å². The first-order chi connectivity index (χ1) is 12.7. The van der Waals surface area contributed by atoms with Gasteiger partial charge < -0.3 is 15.5 Å². The van der Waals surface area contributed by atoms with Crippen LogP contribution in [0.3, 0.4) is 0 Å². The van der Waals surface area contributed by atoms with E-state index in [1.807, 2.05) is 19.0 Å². The molecule has 0 aliphatic carbocycles. The van der Waals surface area contributed by atoms with E-state index in [9.17, 15) is 18.0 Å².